The van der Waals surface area contributed by atoms with Gasteiger partial charge in [-0.2, -0.15) is 0 Å². The zero-order valence-electron chi connectivity index (χ0n) is 13.3. The molecule has 0 unspecified atom stereocenters. The first-order valence-corrected chi connectivity index (χ1v) is 7.28. The van der Waals surface area contributed by atoms with Crippen molar-refractivity contribution in [1.82, 2.24) is 19.5 Å². The number of aromatic nitrogens is 4. The van der Waals surface area contributed by atoms with E-state index in [0.717, 1.165) is 11.1 Å². The number of methoxy groups -OCH3 is 1. The van der Waals surface area contributed by atoms with Gasteiger partial charge in [0.15, 0.2) is 11.5 Å². The van der Waals surface area contributed by atoms with E-state index >= 15 is 0 Å². The quantitative estimate of drug-likeness (QED) is 0.775. The Hall–Kier alpha value is -3.06. The van der Waals surface area contributed by atoms with E-state index in [1.807, 2.05) is 31.2 Å². The molecule has 0 amide bonds. The highest BCUT2D eigenvalue weighted by molar-refractivity contribution is 5.85. The first kappa shape index (κ1) is 15.8. The summed E-state index contributed by atoms with van der Waals surface area (Å²) >= 11 is 0. The predicted octanol–water partition coefficient (Wildman–Crippen LogP) is 2.48. The van der Waals surface area contributed by atoms with Gasteiger partial charge in [-0.25, -0.2) is 19.7 Å². The lowest BCUT2D eigenvalue weighted by Crippen LogP contribution is -2.03. The van der Waals surface area contributed by atoms with Crippen molar-refractivity contribution in [2.24, 2.45) is 0 Å². The fourth-order valence-corrected chi connectivity index (χ4v) is 2.23. The molecule has 0 aliphatic heterocycles. The van der Waals surface area contributed by atoms with Gasteiger partial charge in [-0.1, -0.05) is 29.8 Å². The highest BCUT2D eigenvalue weighted by Crippen LogP contribution is 2.19. The van der Waals surface area contributed by atoms with Gasteiger partial charge < -0.3 is 9.84 Å². The standard InChI is InChI=1S/C17H16N4O3/c1-11-3-5-12(6-4-11)16-19-13(9-24-2)7-15(20-16)21-8-14(17(22)23)18-10-21/h3-8,10H,9H2,1-2H3,(H,22,23). The molecule has 0 saturated carbocycles. The Morgan fingerprint density at radius 2 is 2.00 bits per heavy atom. The van der Waals surface area contributed by atoms with E-state index in [-0.39, 0.29) is 5.69 Å². The molecule has 3 rings (SSSR count). The average molecular weight is 324 g/mol. The van der Waals surface area contributed by atoms with Gasteiger partial charge in [0.25, 0.3) is 0 Å². The lowest BCUT2D eigenvalue weighted by Gasteiger charge is -2.08. The van der Waals surface area contributed by atoms with Crippen molar-refractivity contribution in [2.45, 2.75) is 13.5 Å². The van der Waals surface area contributed by atoms with Crippen molar-refractivity contribution in [3.8, 4) is 17.2 Å². The summed E-state index contributed by atoms with van der Waals surface area (Å²) in [7, 11) is 1.59. The number of carboxylic acid groups (broad SMARTS) is 1. The number of aromatic carboxylic acids is 1. The van der Waals surface area contributed by atoms with Crippen LogP contribution in [0.3, 0.4) is 0 Å². The topological polar surface area (TPSA) is 90.1 Å². The molecule has 2 aromatic heterocycles. The minimum atomic E-state index is -1.08. The molecular weight excluding hydrogens is 308 g/mol. The molecule has 1 aromatic carbocycles. The van der Waals surface area contributed by atoms with Crippen LogP contribution in [0.1, 0.15) is 21.7 Å². The Bertz CT molecular complexity index is 872. The monoisotopic (exact) mass is 324 g/mol. The van der Waals surface area contributed by atoms with Crippen LogP contribution < -0.4 is 0 Å². The maximum atomic E-state index is 11.0. The number of carboxylic acids is 1. The van der Waals surface area contributed by atoms with Gasteiger partial charge in [0.2, 0.25) is 0 Å². The van der Waals surface area contributed by atoms with Crippen LogP contribution in [0.15, 0.2) is 42.9 Å². The minimum absolute atomic E-state index is 0.0428. The minimum Gasteiger partial charge on any atom is -0.476 e. The molecule has 0 aliphatic rings. The van der Waals surface area contributed by atoms with Gasteiger partial charge in [-0.05, 0) is 6.92 Å². The van der Waals surface area contributed by atoms with Gasteiger partial charge in [0, 0.05) is 24.9 Å². The molecule has 0 aliphatic carbocycles. The largest absolute Gasteiger partial charge is 0.476 e. The number of imidazole rings is 1. The summed E-state index contributed by atoms with van der Waals surface area (Å²) in [6.07, 6.45) is 2.83. The fraction of sp³-hybridized carbons (Fsp3) is 0.176. The van der Waals surface area contributed by atoms with Crippen LogP contribution >= 0.6 is 0 Å². The van der Waals surface area contributed by atoms with Crippen molar-refractivity contribution >= 4 is 5.97 Å². The van der Waals surface area contributed by atoms with Crippen LogP contribution in [0.4, 0.5) is 0 Å². The molecule has 0 atom stereocenters. The van der Waals surface area contributed by atoms with E-state index < -0.39 is 5.97 Å². The Balaban J connectivity index is 2.08. The predicted molar refractivity (Wildman–Crippen MR) is 87.0 cm³/mol. The second kappa shape index (κ2) is 6.59. The lowest BCUT2D eigenvalue weighted by atomic mass is 10.1. The number of hydrogen-bond acceptors (Lipinski definition) is 5. The Labute approximate surface area is 138 Å². The number of nitrogens with zero attached hydrogens (tertiary/aromatic N) is 4. The van der Waals surface area contributed by atoms with E-state index in [9.17, 15) is 4.79 Å². The summed E-state index contributed by atoms with van der Waals surface area (Å²) in [5.74, 6) is -0.00331. The van der Waals surface area contributed by atoms with Gasteiger partial charge in [0.1, 0.15) is 12.1 Å². The van der Waals surface area contributed by atoms with Gasteiger partial charge in [-0.15, -0.1) is 0 Å². The summed E-state index contributed by atoms with van der Waals surface area (Å²) < 4.78 is 6.72. The summed E-state index contributed by atoms with van der Waals surface area (Å²) in [6, 6.07) is 9.61. The highest BCUT2D eigenvalue weighted by atomic mass is 16.5. The molecule has 24 heavy (non-hydrogen) atoms. The van der Waals surface area contributed by atoms with Crippen LogP contribution in [0.2, 0.25) is 0 Å². The third-order valence-corrected chi connectivity index (χ3v) is 3.43. The van der Waals surface area contributed by atoms with E-state index in [1.165, 1.54) is 12.5 Å². The van der Waals surface area contributed by atoms with Crippen molar-refractivity contribution in [3.05, 3.63) is 59.8 Å². The number of benzene rings is 1. The van der Waals surface area contributed by atoms with Crippen molar-refractivity contribution in [1.29, 1.82) is 0 Å². The smallest absolute Gasteiger partial charge is 0.356 e. The number of hydrogen-bond donors (Lipinski definition) is 1. The Morgan fingerprint density at radius 1 is 1.25 bits per heavy atom. The van der Waals surface area contributed by atoms with Crippen molar-refractivity contribution < 1.29 is 14.6 Å². The van der Waals surface area contributed by atoms with E-state index in [2.05, 4.69) is 15.0 Å². The average Bonchev–Trinajstić information content (AvgIpc) is 3.06. The van der Waals surface area contributed by atoms with E-state index in [0.29, 0.717) is 23.9 Å². The van der Waals surface area contributed by atoms with Crippen LogP contribution in [0, 0.1) is 6.92 Å². The Morgan fingerprint density at radius 3 is 2.62 bits per heavy atom. The van der Waals surface area contributed by atoms with Crippen LogP contribution in [0.25, 0.3) is 17.2 Å². The molecule has 0 bridgehead atoms. The van der Waals surface area contributed by atoms with Crippen molar-refractivity contribution in [3.63, 3.8) is 0 Å². The second-order valence-electron chi connectivity index (χ2n) is 5.31. The molecular formula is C17H16N4O3. The number of rotatable bonds is 5. The zero-order valence-corrected chi connectivity index (χ0v) is 13.3. The third kappa shape index (κ3) is 3.31. The third-order valence-electron chi connectivity index (χ3n) is 3.43. The molecule has 7 heteroatoms. The molecule has 0 spiro atoms. The van der Waals surface area contributed by atoms with Crippen LogP contribution in [0.5, 0.6) is 0 Å². The van der Waals surface area contributed by atoms with Crippen LogP contribution in [-0.4, -0.2) is 37.7 Å². The number of aryl methyl sites for hydroxylation is 1. The fourth-order valence-electron chi connectivity index (χ4n) is 2.23. The van der Waals surface area contributed by atoms with Gasteiger partial charge in [0.05, 0.1) is 12.3 Å². The summed E-state index contributed by atoms with van der Waals surface area (Å²) in [5, 5.41) is 9.01. The first-order chi connectivity index (χ1) is 11.6. The maximum absolute atomic E-state index is 11.0. The molecule has 0 saturated heterocycles. The second-order valence-corrected chi connectivity index (χ2v) is 5.31. The number of ether oxygens (including phenoxy) is 1. The normalized spacial score (nSPS) is 10.8. The molecule has 1 N–H and O–H groups in total. The Kier molecular flexibility index (Phi) is 4.35. The molecule has 0 fully saturated rings. The van der Waals surface area contributed by atoms with E-state index in [4.69, 9.17) is 9.84 Å². The van der Waals surface area contributed by atoms with Crippen LogP contribution in [-0.2, 0) is 11.3 Å². The first-order valence-electron chi connectivity index (χ1n) is 7.28. The molecule has 122 valence electrons. The maximum Gasteiger partial charge on any atom is 0.356 e. The summed E-state index contributed by atoms with van der Waals surface area (Å²) in [6.45, 7) is 2.34. The molecule has 3 aromatic rings. The summed E-state index contributed by atoms with van der Waals surface area (Å²) in [4.78, 5) is 23.9. The van der Waals surface area contributed by atoms with E-state index in [1.54, 1.807) is 17.7 Å². The SMILES string of the molecule is COCc1cc(-n2cnc(C(=O)O)c2)nc(-c2ccc(C)cc2)n1. The molecule has 7 nitrogen and oxygen atoms in total. The zero-order chi connectivity index (χ0) is 17.1. The molecule has 0 radical (unpaired) electrons. The van der Waals surface area contributed by atoms with Gasteiger partial charge >= 0.3 is 5.97 Å². The van der Waals surface area contributed by atoms with Gasteiger partial charge in [-0.3, -0.25) is 4.57 Å². The van der Waals surface area contributed by atoms with Crippen molar-refractivity contribution in [2.75, 3.05) is 7.11 Å². The summed E-state index contributed by atoms with van der Waals surface area (Å²) in [5.41, 5.74) is 2.67. The number of carbonyl (C=O) groups is 1. The molecule has 2 heterocycles. The highest BCUT2D eigenvalue weighted by Gasteiger charge is 2.12. The lowest BCUT2D eigenvalue weighted by molar-refractivity contribution is 0.0691.